The van der Waals surface area contributed by atoms with Crippen molar-refractivity contribution in [2.45, 2.75) is 70.8 Å². The molecule has 18 heteroatoms. The second-order valence-corrected chi connectivity index (χ2v) is 12.3. The average Bonchev–Trinajstić information content (AvgIpc) is 2.64. The summed E-state index contributed by atoms with van der Waals surface area (Å²) in [6.45, 7) is 2.37. The first-order chi connectivity index (χ1) is 14.6. The number of halogens is 14. The summed E-state index contributed by atoms with van der Waals surface area (Å²) in [6.07, 6.45) is -15.8. The van der Waals surface area contributed by atoms with Crippen molar-refractivity contribution in [3.8, 4) is 0 Å². The third kappa shape index (κ3) is 6.96. The summed E-state index contributed by atoms with van der Waals surface area (Å²) in [5.74, 6) is -13.5. The molecule has 0 heterocycles. The Morgan fingerprint density at radius 2 is 1.21 bits per heavy atom. The van der Waals surface area contributed by atoms with Crippen LogP contribution < -0.4 is 0 Å². The zero-order chi connectivity index (χ0) is 26.6. The lowest BCUT2D eigenvalue weighted by Gasteiger charge is -2.49. The van der Waals surface area contributed by atoms with Crippen LogP contribution in [0.15, 0.2) is 0 Å². The van der Waals surface area contributed by atoms with Gasteiger partial charge in [0.25, 0.3) is 5.00 Å². The van der Waals surface area contributed by atoms with Crippen molar-refractivity contribution >= 4 is 59.0 Å². The van der Waals surface area contributed by atoms with Gasteiger partial charge in [-0.05, 0) is 36.5 Å². The third-order valence-corrected chi connectivity index (χ3v) is 9.20. The Balaban J connectivity index is 6.87. The van der Waals surface area contributed by atoms with Gasteiger partial charge in [-0.2, -0.15) is 59.6 Å². The Bertz CT molecular complexity index is 614. The number of thioether (sulfide) groups is 3. The molecule has 0 saturated heterocycles. The van der Waals surface area contributed by atoms with Crippen molar-refractivity contribution in [3.05, 3.63) is 0 Å². The fourth-order valence-corrected chi connectivity index (χ4v) is 7.13. The standard InChI is InChI=1S/C15H18ClF13S4/c1-3-30-8-6-5-7-9(17,33-29)10(18,19)12(31-4-2,11(20,21)14(23,24)25)32-13(16,22)15(26,27)28/h3-8H2,1-2H3. The van der Waals surface area contributed by atoms with Gasteiger partial charge in [-0.15, -0.1) is 11.8 Å². The molecule has 0 aromatic carbocycles. The Morgan fingerprint density at radius 1 is 0.697 bits per heavy atom. The molecule has 33 heavy (non-hydrogen) atoms. The van der Waals surface area contributed by atoms with Crippen LogP contribution in [0.2, 0.25) is 0 Å². The maximum atomic E-state index is 15.2. The Kier molecular flexibility index (Phi) is 12.2. The minimum absolute atomic E-state index is 0.0946. The molecule has 3 atom stereocenters. The highest BCUT2D eigenvalue weighted by Gasteiger charge is 2.86. The van der Waals surface area contributed by atoms with Gasteiger partial charge in [0, 0.05) is 0 Å². The van der Waals surface area contributed by atoms with Gasteiger partial charge in [0.1, 0.15) is 0 Å². The quantitative estimate of drug-likeness (QED) is 0.0833. The SMILES string of the molecule is CCSCCCCC(F)(SF)C(F)(F)C(SCC)(SC(F)(Cl)C(F)(F)F)C(F)(F)C(F)(F)F. The molecule has 3 unspecified atom stereocenters. The second-order valence-electron chi connectivity index (χ2n) is 6.27. The van der Waals surface area contributed by atoms with E-state index < -0.39 is 92.0 Å². The molecule has 0 aromatic heterocycles. The van der Waals surface area contributed by atoms with E-state index in [0.717, 1.165) is 0 Å². The predicted molar refractivity (Wildman–Crippen MR) is 110 cm³/mol. The van der Waals surface area contributed by atoms with E-state index in [1.54, 1.807) is 6.92 Å². The zero-order valence-electron chi connectivity index (χ0n) is 16.7. The Hall–Kier alpha value is 0.780. The topological polar surface area (TPSA) is 0 Å². The van der Waals surface area contributed by atoms with E-state index in [0.29, 0.717) is 12.7 Å². The summed E-state index contributed by atoms with van der Waals surface area (Å²) in [5, 5.41) is -4.87. The molecule has 0 aliphatic heterocycles. The van der Waals surface area contributed by atoms with Crippen LogP contribution in [0.3, 0.4) is 0 Å². The lowest BCUT2D eigenvalue weighted by atomic mass is 9.98. The highest BCUT2D eigenvalue weighted by molar-refractivity contribution is 8.19. The highest BCUT2D eigenvalue weighted by Crippen LogP contribution is 2.71. The zero-order valence-corrected chi connectivity index (χ0v) is 20.7. The van der Waals surface area contributed by atoms with Gasteiger partial charge in [-0.1, -0.05) is 37.2 Å². The normalized spacial score (nSPS) is 19.6. The van der Waals surface area contributed by atoms with E-state index >= 15 is 13.2 Å². The van der Waals surface area contributed by atoms with Gasteiger partial charge < -0.3 is 0 Å². The van der Waals surface area contributed by atoms with Crippen molar-refractivity contribution < 1.29 is 56.6 Å². The predicted octanol–water partition coefficient (Wildman–Crippen LogP) is 9.63. The van der Waals surface area contributed by atoms with Crippen LogP contribution in [-0.4, -0.2) is 55.0 Å². The summed E-state index contributed by atoms with van der Waals surface area (Å²) >= 11 is 0.173. The van der Waals surface area contributed by atoms with Crippen molar-refractivity contribution in [3.63, 3.8) is 0 Å². The first-order valence-electron chi connectivity index (χ1n) is 8.81. The smallest absolute Gasteiger partial charge is 0.222 e. The van der Waals surface area contributed by atoms with E-state index in [1.165, 1.54) is 11.8 Å². The van der Waals surface area contributed by atoms with E-state index in [4.69, 9.17) is 0 Å². The van der Waals surface area contributed by atoms with Crippen molar-refractivity contribution in [2.24, 2.45) is 0 Å². The molecule has 0 N–H and O–H groups in total. The number of unbranched alkanes of at least 4 members (excludes halogenated alkanes) is 1. The molecule has 0 radical (unpaired) electrons. The van der Waals surface area contributed by atoms with Crippen LogP contribution in [0, 0.1) is 0 Å². The molecule has 0 aromatic rings. The monoisotopic (exact) mass is 608 g/mol. The number of alkyl halides is 13. The Labute approximate surface area is 203 Å². The van der Waals surface area contributed by atoms with Gasteiger partial charge in [-0.3, -0.25) is 0 Å². The highest BCUT2D eigenvalue weighted by atomic mass is 35.5. The van der Waals surface area contributed by atoms with E-state index in [2.05, 4.69) is 11.6 Å². The molecule has 0 aliphatic rings. The summed E-state index contributed by atoms with van der Waals surface area (Å²) < 4.78 is 169. The minimum Gasteiger partial charge on any atom is -0.222 e. The van der Waals surface area contributed by atoms with E-state index in [-0.39, 0.29) is 12.2 Å². The van der Waals surface area contributed by atoms with Crippen molar-refractivity contribution in [2.75, 3.05) is 17.3 Å². The van der Waals surface area contributed by atoms with Crippen LogP contribution in [0.4, 0.5) is 56.6 Å². The number of hydrogen-bond donors (Lipinski definition) is 0. The summed E-state index contributed by atoms with van der Waals surface area (Å²) in [7, 11) is 0. The number of rotatable bonds is 14. The molecule has 0 nitrogen and oxygen atoms in total. The van der Waals surface area contributed by atoms with Gasteiger partial charge in [0.05, 0.1) is 12.1 Å². The van der Waals surface area contributed by atoms with Gasteiger partial charge in [-0.25, -0.2) is 8.78 Å². The van der Waals surface area contributed by atoms with Gasteiger partial charge >= 0.3 is 28.7 Å². The van der Waals surface area contributed by atoms with Gasteiger partial charge in [0.2, 0.25) is 4.08 Å². The van der Waals surface area contributed by atoms with Crippen molar-refractivity contribution in [1.29, 1.82) is 0 Å². The average molecular weight is 609 g/mol. The largest absolute Gasteiger partial charge is 0.455 e. The summed E-state index contributed by atoms with van der Waals surface area (Å²) in [4.78, 5) is 0. The van der Waals surface area contributed by atoms with Crippen LogP contribution in [-0.2, 0) is 0 Å². The molecular weight excluding hydrogens is 591 g/mol. The third-order valence-electron chi connectivity index (χ3n) is 3.96. The molecule has 0 aliphatic carbocycles. The molecule has 0 rings (SSSR count). The summed E-state index contributed by atoms with van der Waals surface area (Å²) in [6, 6.07) is 0. The fourth-order valence-electron chi connectivity index (χ4n) is 2.35. The maximum absolute atomic E-state index is 15.2. The van der Waals surface area contributed by atoms with Crippen LogP contribution in [0.25, 0.3) is 0 Å². The maximum Gasteiger partial charge on any atom is 0.455 e. The molecule has 0 bridgehead atoms. The van der Waals surface area contributed by atoms with E-state index in [9.17, 15) is 43.4 Å². The van der Waals surface area contributed by atoms with Crippen LogP contribution in [0.5, 0.6) is 0 Å². The number of hydrogen-bond acceptors (Lipinski definition) is 4. The van der Waals surface area contributed by atoms with E-state index in [1.807, 2.05) is 0 Å². The van der Waals surface area contributed by atoms with Gasteiger partial charge in [0.15, 0.2) is 0 Å². The van der Waals surface area contributed by atoms with Crippen molar-refractivity contribution in [1.82, 2.24) is 0 Å². The molecule has 200 valence electrons. The molecule has 0 amide bonds. The second kappa shape index (κ2) is 11.9. The molecule has 0 saturated carbocycles. The lowest BCUT2D eigenvalue weighted by molar-refractivity contribution is -0.308. The fraction of sp³-hybridized carbons (Fsp3) is 1.00. The Morgan fingerprint density at radius 3 is 1.58 bits per heavy atom. The molecular formula is C15H18ClF13S4. The lowest BCUT2D eigenvalue weighted by Crippen LogP contribution is -2.69. The molecule has 0 spiro atoms. The summed E-state index contributed by atoms with van der Waals surface area (Å²) in [5.41, 5.74) is 0. The first-order valence-corrected chi connectivity index (χ1v) is 12.9. The minimum atomic E-state index is -7.01. The van der Waals surface area contributed by atoms with Crippen LogP contribution >= 0.6 is 59.0 Å². The molecule has 0 fully saturated rings. The first kappa shape index (κ1) is 33.8. The van der Waals surface area contributed by atoms with Crippen LogP contribution in [0.1, 0.15) is 33.1 Å².